The zero-order valence-electron chi connectivity index (χ0n) is 13.8. The molecule has 0 spiro atoms. The first kappa shape index (κ1) is 16.9. The van der Waals surface area contributed by atoms with Crippen LogP contribution in [-0.4, -0.2) is 18.4 Å². The molecule has 0 unspecified atom stereocenters. The molecule has 120 valence electrons. The topological polar surface area (TPSA) is 43.4 Å². The molecule has 0 aliphatic carbocycles. The predicted molar refractivity (Wildman–Crippen MR) is 91.2 cm³/mol. The average Bonchev–Trinajstić information content (AvgIpc) is 2.60. The van der Waals surface area contributed by atoms with Gasteiger partial charge in [-0.05, 0) is 31.4 Å². The fourth-order valence-electron chi connectivity index (χ4n) is 2.03. The number of carbonyl (C=O) groups is 2. The third-order valence-corrected chi connectivity index (χ3v) is 4.08. The summed E-state index contributed by atoms with van der Waals surface area (Å²) in [6.45, 7) is 5.33. The second-order valence-electron chi connectivity index (χ2n) is 6.18. The van der Waals surface area contributed by atoms with Gasteiger partial charge in [0.25, 0.3) is 0 Å². The molecule has 2 rings (SSSR count). The largest absolute Gasteiger partial charge is 0.457 e. The molecule has 0 bridgehead atoms. The van der Waals surface area contributed by atoms with Crippen LogP contribution in [0.3, 0.4) is 0 Å². The molecule has 2 aromatic rings. The smallest absolute Gasteiger partial charge is 0.311 e. The lowest BCUT2D eigenvalue weighted by Gasteiger charge is -2.19. The summed E-state index contributed by atoms with van der Waals surface area (Å²) in [5.41, 5.74) is 2.14. The summed E-state index contributed by atoms with van der Waals surface area (Å²) in [4.78, 5) is 24.0. The van der Waals surface area contributed by atoms with Crippen molar-refractivity contribution in [2.24, 2.45) is 5.41 Å². The minimum atomic E-state index is -0.558. The van der Waals surface area contributed by atoms with Crippen molar-refractivity contribution in [2.45, 2.75) is 27.2 Å². The minimum Gasteiger partial charge on any atom is -0.457 e. The lowest BCUT2D eigenvalue weighted by molar-refractivity contribution is -0.152. The van der Waals surface area contributed by atoms with E-state index >= 15 is 0 Å². The van der Waals surface area contributed by atoms with Crippen LogP contribution in [0.2, 0.25) is 0 Å². The van der Waals surface area contributed by atoms with E-state index in [9.17, 15) is 9.59 Å². The summed E-state index contributed by atoms with van der Waals surface area (Å²) in [6, 6.07) is 17.3. The van der Waals surface area contributed by atoms with Gasteiger partial charge in [0, 0.05) is 5.56 Å². The van der Waals surface area contributed by atoms with Crippen LogP contribution in [0.4, 0.5) is 0 Å². The maximum atomic E-state index is 12.1. The van der Waals surface area contributed by atoms with Crippen LogP contribution in [0.25, 0.3) is 11.1 Å². The monoisotopic (exact) mass is 310 g/mol. The Morgan fingerprint density at radius 2 is 1.48 bits per heavy atom. The van der Waals surface area contributed by atoms with Gasteiger partial charge >= 0.3 is 5.97 Å². The molecule has 0 aliphatic heterocycles. The van der Waals surface area contributed by atoms with Crippen LogP contribution in [0.1, 0.15) is 37.6 Å². The van der Waals surface area contributed by atoms with Gasteiger partial charge < -0.3 is 4.74 Å². The van der Waals surface area contributed by atoms with E-state index in [4.69, 9.17) is 4.74 Å². The number of benzene rings is 2. The maximum absolute atomic E-state index is 12.1. The summed E-state index contributed by atoms with van der Waals surface area (Å²) >= 11 is 0. The van der Waals surface area contributed by atoms with Crippen LogP contribution in [0.5, 0.6) is 0 Å². The number of ketones is 1. The molecule has 23 heavy (non-hydrogen) atoms. The van der Waals surface area contributed by atoms with E-state index in [0.717, 1.165) is 11.1 Å². The minimum absolute atomic E-state index is 0.190. The first-order valence-electron chi connectivity index (χ1n) is 7.80. The molecule has 0 fully saturated rings. The SMILES string of the molecule is CCC(C)(C)C(=O)OCC(=O)c1ccc(-c2ccccc2)cc1. The standard InChI is InChI=1S/C20H22O3/c1-4-20(2,3)19(22)23-14-18(21)17-12-10-16(11-13-17)15-8-6-5-7-9-15/h5-13H,4,14H2,1-3H3. The van der Waals surface area contributed by atoms with Crippen molar-refractivity contribution in [3.8, 4) is 11.1 Å². The lowest BCUT2D eigenvalue weighted by atomic mass is 9.91. The second kappa shape index (κ2) is 7.23. The van der Waals surface area contributed by atoms with Crippen LogP contribution >= 0.6 is 0 Å². The average molecular weight is 310 g/mol. The normalized spacial score (nSPS) is 11.1. The van der Waals surface area contributed by atoms with E-state index < -0.39 is 5.41 Å². The Bertz CT molecular complexity index is 670. The summed E-state index contributed by atoms with van der Waals surface area (Å²) in [7, 11) is 0. The molecular formula is C20H22O3. The quantitative estimate of drug-likeness (QED) is 0.582. The molecule has 0 N–H and O–H groups in total. The zero-order valence-corrected chi connectivity index (χ0v) is 13.8. The first-order valence-corrected chi connectivity index (χ1v) is 7.80. The number of Topliss-reactive ketones (excluding diaryl/α,β-unsaturated/α-hetero) is 1. The Hall–Kier alpha value is -2.42. The highest BCUT2D eigenvalue weighted by Crippen LogP contribution is 2.22. The highest BCUT2D eigenvalue weighted by molar-refractivity contribution is 5.98. The fourth-order valence-corrected chi connectivity index (χ4v) is 2.03. The van der Waals surface area contributed by atoms with Crippen molar-refractivity contribution >= 4 is 11.8 Å². The van der Waals surface area contributed by atoms with Gasteiger partial charge in [0.1, 0.15) is 0 Å². The molecule has 0 saturated carbocycles. The number of hydrogen-bond acceptors (Lipinski definition) is 3. The van der Waals surface area contributed by atoms with Crippen molar-refractivity contribution in [3.05, 3.63) is 60.2 Å². The van der Waals surface area contributed by atoms with Crippen molar-refractivity contribution in [2.75, 3.05) is 6.61 Å². The van der Waals surface area contributed by atoms with Crippen molar-refractivity contribution in [1.82, 2.24) is 0 Å². The van der Waals surface area contributed by atoms with E-state index in [0.29, 0.717) is 12.0 Å². The number of carbonyl (C=O) groups excluding carboxylic acids is 2. The lowest BCUT2D eigenvalue weighted by Crippen LogP contribution is -2.27. The molecule has 0 aromatic heterocycles. The van der Waals surface area contributed by atoms with Gasteiger partial charge in [-0.25, -0.2) is 0 Å². The van der Waals surface area contributed by atoms with Gasteiger partial charge in [0.2, 0.25) is 0 Å². The Labute approximate surface area is 137 Å². The Morgan fingerprint density at radius 1 is 0.913 bits per heavy atom. The molecule has 0 amide bonds. The fraction of sp³-hybridized carbons (Fsp3) is 0.300. The van der Waals surface area contributed by atoms with Crippen molar-refractivity contribution in [3.63, 3.8) is 0 Å². The number of ether oxygens (including phenoxy) is 1. The number of hydrogen-bond donors (Lipinski definition) is 0. The molecule has 0 radical (unpaired) electrons. The van der Waals surface area contributed by atoms with Crippen LogP contribution in [-0.2, 0) is 9.53 Å². The van der Waals surface area contributed by atoms with Crippen molar-refractivity contribution < 1.29 is 14.3 Å². The van der Waals surface area contributed by atoms with Gasteiger partial charge in [-0.2, -0.15) is 0 Å². The van der Waals surface area contributed by atoms with Crippen LogP contribution in [0.15, 0.2) is 54.6 Å². The van der Waals surface area contributed by atoms with Crippen LogP contribution in [0, 0.1) is 5.41 Å². The number of esters is 1. The predicted octanol–water partition coefficient (Wildman–Crippen LogP) is 4.52. The Morgan fingerprint density at radius 3 is 2.04 bits per heavy atom. The number of rotatable bonds is 6. The molecular weight excluding hydrogens is 288 g/mol. The zero-order chi connectivity index (χ0) is 16.9. The van der Waals surface area contributed by atoms with E-state index in [1.54, 1.807) is 12.1 Å². The molecule has 3 nitrogen and oxygen atoms in total. The van der Waals surface area contributed by atoms with E-state index in [-0.39, 0.29) is 18.4 Å². The second-order valence-corrected chi connectivity index (χ2v) is 6.18. The summed E-state index contributed by atoms with van der Waals surface area (Å²) in [5.74, 6) is -0.529. The van der Waals surface area contributed by atoms with Crippen LogP contribution < -0.4 is 0 Å². The molecule has 0 atom stereocenters. The molecule has 2 aromatic carbocycles. The summed E-state index contributed by atoms with van der Waals surface area (Å²) < 4.78 is 5.14. The van der Waals surface area contributed by atoms with Gasteiger partial charge in [0.05, 0.1) is 5.41 Å². The van der Waals surface area contributed by atoms with Gasteiger partial charge in [0.15, 0.2) is 12.4 Å². The van der Waals surface area contributed by atoms with E-state index in [1.807, 2.05) is 63.2 Å². The van der Waals surface area contributed by atoms with Gasteiger partial charge in [-0.1, -0.05) is 61.5 Å². The third-order valence-electron chi connectivity index (χ3n) is 4.08. The van der Waals surface area contributed by atoms with E-state index in [1.165, 1.54) is 0 Å². The van der Waals surface area contributed by atoms with Crippen molar-refractivity contribution in [1.29, 1.82) is 0 Å². The highest BCUT2D eigenvalue weighted by atomic mass is 16.5. The van der Waals surface area contributed by atoms with Gasteiger partial charge in [-0.15, -0.1) is 0 Å². The maximum Gasteiger partial charge on any atom is 0.311 e. The molecule has 0 heterocycles. The molecule has 0 saturated heterocycles. The molecule has 3 heteroatoms. The highest BCUT2D eigenvalue weighted by Gasteiger charge is 2.27. The summed E-state index contributed by atoms with van der Waals surface area (Å²) in [6.07, 6.45) is 0.672. The Kier molecular flexibility index (Phi) is 5.32. The summed E-state index contributed by atoms with van der Waals surface area (Å²) in [5, 5.41) is 0. The van der Waals surface area contributed by atoms with E-state index in [2.05, 4.69) is 0 Å². The third kappa shape index (κ3) is 4.28. The Balaban J connectivity index is 2.00. The first-order chi connectivity index (χ1) is 10.9. The van der Waals surface area contributed by atoms with Gasteiger partial charge in [-0.3, -0.25) is 9.59 Å². The molecule has 0 aliphatic rings.